The fourth-order valence-corrected chi connectivity index (χ4v) is 6.70. The summed E-state index contributed by atoms with van der Waals surface area (Å²) in [5, 5.41) is 11.5. The second-order valence-corrected chi connectivity index (χ2v) is 12.1. The van der Waals surface area contributed by atoms with E-state index < -0.39 is 49.5 Å². The molecular formula is C22H23F6N3O6S2. The van der Waals surface area contributed by atoms with Crippen molar-refractivity contribution in [2.75, 3.05) is 37.6 Å². The highest BCUT2D eigenvalue weighted by Gasteiger charge is 2.48. The van der Waals surface area contributed by atoms with Gasteiger partial charge in [0.25, 0.3) is 5.69 Å². The van der Waals surface area contributed by atoms with E-state index in [0.717, 1.165) is 11.3 Å². The highest BCUT2D eigenvalue weighted by Crippen LogP contribution is 2.39. The van der Waals surface area contributed by atoms with Gasteiger partial charge in [-0.25, -0.2) is 0 Å². The number of non-ortho nitro benzene ring substituents is 1. The maximum Gasteiger partial charge on any atom is 0.523 e. The number of nitrogens with zero attached hydrogens (tertiary/aromatic N) is 3. The summed E-state index contributed by atoms with van der Waals surface area (Å²) in [6.45, 7) is 2.61. The minimum atomic E-state index is -5.63. The quantitative estimate of drug-likeness (QED) is 0.153. The van der Waals surface area contributed by atoms with Gasteiger partial charge >= 0.3 is 21.8 Å². The molecule has 17 heteroatoms. The van der Waals surface area contributed by atoms with Gasteiger partial charge in [-0.3, -0.25) is 24.0 Å². The molecule has 9 nitrogen and oxygen atoms in total. The molecule has 39 heavy (non-hydrogen) atoms. The molecule has 0 N–H and O–H groups in total. The van der Waals surface area contributed by atoms with Gasteiger partial charge in [0.15, 0.2) is 5.43 Å². The SMILES string of the molecule is O=c1cc(N2CCN(CC3CCC(OS(=O)(=O)C(F)(F)F)CC3)CC2)sc2c([N+](=O)[O-])cc(C(F)(F)F)cc12. The lowest BCUT2D eigenvalue weighted by atomic mass is 9.87. The highest BCUT2D eigenvalue weighted by molar-refractivity contribution is 7.87. The first-order valence-corrected chi connectivity index (χ1v) is 14.1. The summed E-state index contributed by atoms with van der Waals surface area (Å²) in [5.74, 6) is 0.132. The summed E-state index contributed by atoms with van der Waals surface area (Å²) in [6.07, 6.45) is -4.52. The van der Waals surface area contributed by atoms with Crippen LogP contribution in [0.25, 0.3) is 10.1 Å². The first-order chi connectivity index (χ1) is 18.0. The summed E-state index contributed by atoms with van der Waals surface area (Å²) in [7, 11) is -5.63. The Morgan fingerprint density at radius 3 is 2.15 bits per heavy atom. The predicted octanol–water partition coefficient (Wildman–Crippen LogP) is 4.74. The van der Waals surface area contributed by atoms with Crippen LogP contribution >= 0.6 is 11.3 Å². The van der Waals surface area contributed by atoms with Crippen LogP contribution in [-0.4, -0.2) is 62.6 Å². The Bertz CT molecular complexity index is 1400. The molecule has 2 aliphatic rings. The summed E-state index contributed by atoms with van der Waals surface area (Å²) in [5.41, 5.74) is -8.26. The monoisotopic (exact) mass is 603 g/mol. The van der Waals surface area contributed by atoms with E-state index in [1.54, 1.807) is 0 Å². The molecule has 0 bridgehead atoms. The normalized spacial score (nSPS) is 21.8. The Morgan fingerprint density at radius 2 is 1.62 bits per heavy atom. The van der Waals surface area contributed by atoms with Crippen molar-refractivity contribution in [2.45, 2.75) is 43.5 Å². The topological polar surface area (TPSA) is 110 Å². The van der Waals surface area contributed by atoms with E-state index in [-0.39, 0.29) is 28.8 Å². The minimum Gasteiger partial charge on any atom is -0.361 e. The second kappa shape index (κ2) is 10.8. The van der Waals surface area contributed by atoms with Gasteiger partial charge < -0.3 is 4.90 Å². The maximum absolute atomic E-state index is 13.2. The predicted molar refractivity (Wildman–Crippen MR) is 130 cm³/mol. The molecule has 2 heterocycles. The van der Waals surface area contributed by atoms with Gasteiger partial charge in [0.1, 0.15) is 4.70 Å². The van der Waals surface area contributed by atoms with E-state index in [1.165, 1.54) is 6.07 Å². The molecule has 2 fully saturated rings. The minimum absolute atomic E-state index is 0.132. The third-order valence-electron chi connectivity index (χ3n) is 6.86. The van der Waals surface area contributed by atoms with Crippen LogP contribution in [0, 0.1) is 16.0 Å². The molecule has 0 atom stereocenters. The second-order valence-electron chi connectivity index (χ2n) is 9.50. The number of anilines is 1. The molecule has 0 unspecified atom stereocenters. The van der Waals surface area contributed by atoms with Crippen molar-refractivity contribution in [3.05, 3.63) is 44.1 Å². The van der Waals surface area contributed by atoms with Crippen LogP contribution in [0.1, 0.15) is 31.2 Å². The summed E-state index contributed by atoms with van der Waals surface area (Å²) in [6, 6.07) is 2.24. The van der Waals surface area contributed by atoms with Gasteiger partial charge in [0.05, 0.1) is 21.6 Å². The van der Waals surface area contributed by atoms with Crippen LogP contribution in [0.15, 0.2) is 23.0 Å². The molecule has 1 aromatic heterocycles. The van der Waals surface area contributed by atoms with E-state index in [0.29, 0.717) is 62.7 Å². The fourth-order valence-electron chi connectivity index (χ4n) is 4.84. The lowest BCUT2D eigenvalue weighted by Gasteiger charge is -2.38. The molecule has 0 radical (unpaired) electrons. The molecule has 1 aliphatic heterocycles. The Labute approximate surface area is 222 Å². The molecule has 216 valence electrons. The van der Waals surface area contributed by atoms with Crippen molar-refractivity contribution in [1.29, 1.82) is 0 Å². The van der Waals surface area contributed by atoms with Crippen LogP contribution in [0.4, 0.5) is 37.0 Å². The first kappa shape index (κ1) is 29.5. The average molecular weight is 604 g/mol. The van der Waals surface area contributed by atoms with E-state index in [4.69, 9.17) is 0 Å². The van der Waals surface area contributed by atoms with Gasteiger partial charge in [-0.1, -0.05) is 0 Å². The third-order valence-corrected chi connectivity index (χ3v) is 9.17. The molecule has 1 aliphatic carbocycles. The third kappa shape index (κ3) is 6.63. The number of rotatable bonds is 6. The van der Waals surface area contributed by atoms with Gasteiger partial charge in [0.2, 0.25) is 0 Å². The van der Waals surface area contributed by atoms with Crippen LogP contribution in [0.3, 0.4) is 0 Å². The number of fused-ring (bicyclic) bond motifs is 1. The standard InChI is InChI=1S/C22H23F6N3O6S2/c23-21(24,25)14-9-16-18(32)11-19(38-20(16)17(10-14)31(33)34)30-7-5-29(6-8-30)12-13-1-3-15(4-2-13)37-39(35,36)22(26,27)28/h9-11,13,15H,1-8,12H2. The van der Waals surface area contributed by atoms with Crippen LogP contribution < -0.4 is 10.3 Å². The van der Waals surface area contributed by atoms with Crippen molar-refractivity contribution in [2.24, 2.45) is 5.92 Å². The maximum atomic E-state index is 13.2. The number of alkyl halides is 6. The van der Waals surface area contributed by atoms with Crippen LogP contribution in [-0.2, 0) is 20.5 Å². The van der Waals surface area contributed by atoms with Gasteiger partial charge in [-0.05, 0) is 37.7 Å². The number of nitro benzene ring substituents is 1. The van der Waals surface area contributed by atoms with E-state index in [1.807, 2.05) is 4.90 Å². The molecular weight excluding hydrogens is 580 g/mol. The molecule has 0 amide bonds. The molecule has 0 spiro atoms. The number of nitro groups is 1. The van der Waals surface area contributed by atoms with Crippen LogP contribution in [0.5, 0.6) is 0 Å². The Hall–Kier alpha value is -2.50. The van der Waals surface area contributed by atoms with Crippen molar-refractivity contribution in [1.82, 2.24) is 4.90 Å². The number of hydrogen-bond acceptors (Lipinski definition) is 9. The van der Waals surface area contributed by atoms with E-state index in [2.05, 4.69) is 9.08 Å². The summed E-state index contributed by atoms with van der Waals surface area (Å²) < 4.78 is 104. The average Bonchev–Trinajstić information content (AvgIpc) is 2.83. The molecule has 1 aromatic carbocycles. The van der Waals surface area contributed by atoms with E-state index >= 15 is 0 Å². The van der Waals surface area contributed by atoms with Crippen molar-refractivity contribution in [3.63, 3.8) is 0 Å². The van der Waals surface area contributed by atoms with Crippen molar-refractivity contribution >= 4 is 42.2 Å². The molecule has 2 aromatic rings. The number of benzene rings is 1. The first-order valence-electron chi connectivity index (χ1n) is 11.9. The largest absolute Gasteiger partial charge is 0.523 e. The Kier molecular flexibility index (Phi) is 8.18. The van der Waals surface area contributed by atoms with Crippen LogP contribution in [0.2, 0.25) is 0 Å². The smallest absolute Gasteiger partial charge is 0.361 e. The van der Waals surface area contributed by atoms with Gasteiger partial charge in [-0.2, -0.15) is 34.8 Å². The fraction of sp³-hybridized carbons (Fsp3) is 0.591. The summed E-state index contributed by atoms with van der Waals surface area (Å²) in [4.78, 5) is 27.2. The highest BCUT2D eigenvalue weighted by atomic mass is 32.2. The number of piperazine rings is 1. The molecule has 1 saturated carbocycles. The zero-order chi connectivity index (χ0) is 28.8. The lowest BCUT2D eigenvalue weighted by molar-refractivity contribution is -0.383. The van der Waals surface area contributed by atoms with Gasteiger partial charge in [0, 0.05) is 50.2 Å². The molecule has 1 saturated heterocycles. The zero-order valence-corrected chi connectivity index (χ0v) is 21.8. The summed E-state index contributed by atoms with van der Waals surface area (Å²) >= 11 is 0.880. The Balaban J connectivity index is 1.38. The Morgan fingerprint density at radius 1 is 1.00 bits per heavy atom. The van der Waals surface area contributed by atoms with E-state index in [9.17, 15) is 49.7 Å². The number of hydrogen-bond donors (Lipinski definition) is 0. The van der Waals surface area contributed by atoms with Gasteiger partial charge in [-0.15, -0.1) is 11.3 Å². The number of halogens is 6. The lowest BCUT2D eigenvalue weighted by Crippen LogP contribution is -2.48. The van der Waals surface area contributed by atoms with Crippen molar-refractivity contribution in [3.8, 4) is 0 Å². The zero-order valence-electron chi connectivity index (χ0n) is 20.1. The molecule has 4 rings (SSSR count). The van der Waals surface area contributed by atoms with Crippen molar-refractivity contribution < 1.29 is 43.9 Å².